The highest BCUT2D eigenvalue weighted by atomic mass is 31.1. The first-order valence-corrected chi connectivity index (χ1v) is 6.86. The first kappa shape index (κ1) is 12.4. The van der Waals surface area contributed by atoms with Gasteiger partial charge in [0.05, 0.1) is 6.61 Å². The molecule has 0 aromatic rings. The lowest BCUT2D eigenvalue weighted by Gasteiger charge is -2.15. The second-order valence-electron chi connectivity index (χ2n) is 3.12. The molecule has 0 rings (SSSR count). The van der Waals surface area contributed by atoms with E-state index in [-0.39, 0.29) is 8.15 Å². The largest absolute Gasteiger partial charge is 0.359 e. The van der Waals surface area contributed by atoms with E-state index in [1.165, 1.54) is 38.0 Å². The Kier molecular flexibility index (Phi) is 9.79. The summed E-state index contributed by atoms with van der Waals surface area (Å²) in [5.74, 6) is 0. The predicted octanol–water partition coefficient (Wildman–Crippen LogP) is 4.02. The summed E-state index contributed by atoms with van der Waals surface area (Å²) in [6, 6.07) is 0. The SMILES string of the molecule is CCCCOP(CCC)CCC. The van der Waals surface area contributed by atoms with Crippen molar-refractivity contribution in [1.29, 1.82) is 0 Å². The highest BCUT2D eigenvalue weighted by Gasteiger charge is 2.05. The molecule has 0 bridgehead atoms. The molecule has 0 aliphatic carbocycles. The second kappa shape index (κ2) is 9.48. The summed E-state index contributed by atoms with van der Waals surface area (Å²) < 4.78 is 5.83. The zero-order valence-electron chi connectivity index (χ0n) is 8.81. The van der Waals surface area contributed by atoms with Gasteiger partial charge in [0.15, 0.2) is 0 Å². The Bertz CT molecular complexity index is 79.9. The lowest BCUT2D eigenvalue weighted by Crippen LogP contribution is -1.95. The second-order valence-corrected chi connectivity index (χ2v) is 5.23. The molecule has 2 heteroatoms. The van der Waals surface area contributed by atoms with Gasteiger partial charge in [-0.1, -0.05) is 40.0 Å². The van der Waals surface area contributed by atoms with Gasteiger partial charge in [0.25, 0.3) is 0 Å². The number of hydrogen-bond acceptors (Lipinski definition) is 1. The maximum absolute atomic E-state index is 5.83. The summed E-state index contributed by atoms with van der Waals surface area (Å²) in [6.45, 7) is 7.69. The lowest BCUT2D eigenvalue weighted by molar-refractivity contribution is 0.341. The minimum atomic E-state index is -0.0725. The van der Waals surface area contributed by atoms with Crippen LogP contribution in [0.2, 0.25) is 0 Å². The van der Waals surface area contributed by atoms with E-state index < -0.39 is 0 Å². The van der Waals surface area contributed by atoms with Crippen molar-refractivity contribution in [3.63, 3.8) is 0 Å². The van der Waals surface area contributed by atoms with E-state index in [4.69, 9.17) is 4.52 Å². The van der Waals surface area contributed by atoms with Crippen LogP contribution in [0.15, 0.2) is 0 Å². The average Bonchev–Trinajstić information content (AvgIpc) is 2.06. The van der Waals surface area contributed by atoms with Crippen LogP contribution < -0.4 is 0 Å². The van der Waals surface area contributed by atoms with E-state index in [1.54, 1.807) is 0 Å². The maximum Gasteiger partial charge on any atom is 0.0508 e. The zero-order valence-corrected chi connectivity index (χ0v) is 9.70. The van der Waals surface area contributed by atoms with Crippen LogP contribution in [0.3, 0.4) is 0 Å². The highest BCUT2D eigenvalue weighted by molar-refractivity contribution is 7.52. The van der Waals surface area contributed by atoms with Crippen molar-refractivity contribution in [2.45, 2.75) is 46.5 Å². The zero-order chi connectivity index (χ0) is 9.23. The van der Waals surface area contributed by atoms with Crippen molar-refractivity contribution in [3.8, 4) is 0 Å². The predicted molar refractivity (Wildman–Crippen MR) is 58.1 cm³/mol. The summed E-state index contributed by atoms with van der Waals surface area (Å²) in [7, 11) is -0.0725. The first-order valence-electron chi connectivity index (χ1n) is 5.23. The summed E-state index contributed by atoms with van der Waals surface area (Å²) in [5.41, 5.74) is 0. The summed E-state index contributed by atoms with van der Waals surface area (Å²) >= 11 is 0. The van der Waals surface area contributed by atoms with Crippen LogP contribution in [0, 0.1) is 0 Å². The molecular weight excluding hydrogens is 167 g/mol. The Morgan fingerprint density at radius 2 is 1.50 bits per heavy atom. The van der Waals surface area contributed by atoms with E-state index in [1.807, 2.05) is 0 Å². The Morgan fingerprint density at radius 3 is 1.92 bits per heavy atom. The molecule has 0 aliphatic rings. The summed E-state index contributed by atoms with van der Waals surface area (Å²) in [4.78, 5) is 0. The quantitative estimate of drug-likeness (QED) is 0.415. The molecule has 0 aromatic carbocycles. The Labute approximate surface area is 78.7 Å². The smallest absolute Gasteiger partial charge is 0.0508 e. The topological polar surface area (TPSA) is 9.23 Å². The van der Waals surface area contributed by atoms with Gasteiger partial charge in [0.2, 0.25) is 0 Å². The molecule has 0 spiro atoms. The van der Waals surface area contributed by atoms with Crippen LogP contribution >= 0.6 is 8.15 Å². The summed E-state index contributed by atoms with van der Waals surface area (Å²) in [6.07, 6.45) is 7.63. The third-order valence-electron chi connectivity index (χ3n) is 1.72. The van der Waals surface area contributed by atoms with E-state index in [0.717, 1.165) is 6.61 Å². The van der Waals surface area contributed by atoms with Crippen LogP contribution in [0.4, 0.5) is 0 Å². The molecule has 0 N–H and O–H groups in total. The average molecular weight is 190 g/mol. The van der Waals surface area contributed by atoms with Crippen molar-refractivity contribution in [3.05, 3.63) is 0 Å². The third kappa shape index (κ3) is 7.06. The Balaban J connectivity index is 3.34. The molecule has 0 saturated carbocycles. The van der Waals surface area contributed by atoms with Gasteiger partial charge < -0.3 is 4.52 Å². The first-order chi connectivity index (χ1) is 5.85. The Hall–Kier alpha value is 0.390. The minimum absolute atomic E-state index is 0.0725. The van der Waals surface area contributed by atoms with Crippen LogP contribution in [0.5, 0.6) is 0 Å². The number of unbranched alkanes of at least 4 members (excludes halogenated alkanes) is 1. The van der Waals surface area contributed by atoms with Crippen molar-refractivity contribution in [2.24, 2.45) is 0 Å². The van der Waals surface area contributed by atoms with E-state index in [0.29, 0.717) is 0 Å². The van der Waals surface area contributed by atoms with E-state index in [2.05, 4.69) is 20.8 Å². The van der Waals surface area contributed by atoms with Gasteiger partial charge in [-0.2, -0.15) is 0 Å². The van der Waals surface area contributed by atoms with Crippen LogP contribution in [-0.2, 0) is 4.52 Å². The standard InChI is InChI=1S/C10H23OP/c1-4-7-8-11-12(9-5-2)10-6-3/h4-10H2,1-3H3. The molecular formula is C10H23OP. The minimum Gasteiger partial charge on any atom is -0.359 e. The molecule has 0 saturated heterocycles. The van der Waals surface area contributed by atoms with Crippen LogP contribution in [0.1, 0.15) is 46.5 Å². The monoisotopic (exact) mass is 190 g/mol. The highest BCUT2D eigenvalue weighted by Crippen LogP contribution is 2.38. The number of hydrogen-bond donors (Lipinski definition) is 0. The number of rotatable bonds is 8. The van der Waals surface area contributed by atoms with Gasteiger partial charge >= 0.3 is 0 Å². The van der Waals surface area contributed by atoms with Gasteiger partial charge in [-0.05, 0) is 18.7 Å². The molecule has 12 heavy (non-hydrogen) atoms. The third-order valence-corrected chi connectivity index (χ3v) is 4.16. The normalized spacial score (nSPS) is 11.0. The van der Waals surface area contributed by atoms with E-state index >= 15 is 0 Å². The van der Waals surface area contributed by atoms with Gasteiger partial charge in [0.1, 0.15) is 0 Å². The molecule has 0 heterocycles. The maximum atomic E-state index is 5.83. The summed E-state index contributed by atoms with van der Waals surface area (Å²) in [5, 5.41) is 0. The van der Waals surface area contributed by atoms with Gasteiger partial charge in [-0.15, -0.1) is 0 Å². The van der Waals surface area contributed by atoms with Crippen LogP contribution in [0.25, 0.3) is 0 Å². The Morgan fingerprint density at radius 1 is 0.917 bits per heavy atom. The lowest BCUT2D eigenvalue weighted by atomic mass is 10.4. The molecule has 0 fully saturated rings. The van der Waals surface area contributed by atoms with Crippen molar-refractivity contribution in [1.82, 2.24) is 0 Å². The molecule has 1 nitrogen and oxygen atoms in total. The van der Waals surface area contributed by atoms with Crippen molar-refractivity contribution < 1.29 is 4.52 Å². The molecule has 0 amide bonds. The van der Waals surface area contributed by atoms with Crippen LogP contribution in [-0.4, -0.2) is 18.9 Å². The fourth-order valence-corrected chi connectivity index (χ4v) is 2.94. The molecule has 0 radical (unpaired) electrons. The van der Waals surface area contributed by atoms with Crippen molar-refractivity contribution in [2.75, 3.05) is 18.9 Å². The van der Waals surface area contributed by atoms with Gasteiger partial charge in [0, 0.05) is 8.15 Å². The van der Waals surface area contributed by atoms with Crippen molar-refractivity contribution >= 4 is 8.15 Å². The fourth-order valence-electron chi connectivity index (χ4n) is 1.08. The molecule has 0 aromatic heterocycles. The van der Waals surface area contributed by atoms with E-state index in [9.17, 15) is 0 Å². The van der Waals surface area contributed by atoms with Gasteiger partial charge in [-0.25, -0.2) is 0 Å². The fraction of sp³-hybridized carbons (Fsp3) is 1.00. The van der Waals surface area contributed by atoms with Gasteiger partial charge in [-0.3, -0.25) is 0 Å². The molecule has 0 atom stereocenters. The molecule has 0 unspecified atom stereocenters. The molecule has 74 valence electrons. The molecule has 0 aliphatic heterocycles.